The van der Waals surface area contributed by atoms with E-state index in [9.17, 15) is 0 Å². The maximum atomic E-state index is 5.93. The molecule has 4 heteroatoms. The molecule has 1 aliphatic rings. The zero-order valence-electron chi connectivity index (χ0n) is 12.0. The molecule has 1 aromatic rings. The van der Waals surface area contributed by atoms with E-state index in [1.165, 1.54) is 5.56 Å². The van der Waals surface area contributed by atoms with E-state index in [2.05, 4.69) is 41.1 Å². The maximum absolute atomic E-state index is 5.93. The van der Waals surface area contributed by atoms with Crippen molar-refractivity contribution in [2.24, 2.45) is 0 Å². The largest absolute Gasteiger partial charge is 0.489 e. The first-order valence-electron chi connectivity index (χ1n) is 7.21. The van der Waals surface area contributed by atoms with Crippen molar-refractivity contribution in [2.45, 2.75) is 25.8 Å². The van der Waals surface area contributed by atoms with Crippen molar-refractivity contribution in [3.8, 4) is 5.75 Å². The molecule has 0 spiro atoms. The van der Waals surface area contributed by atoms with Crippen LogP contribution in [-0.2, 0) is 6.42 Å². The molecule has 1 unspecified atom stereocenters. The smallest absolute Gasteiger partial charge is 0.145 e. The van der Waals surface area contributed by atoms with E-state index in [0.29, 0.717) is 6.04 Å². The molecule has 0 fully saturated rings. The van der Waals surface area contributed by atoms with Crippen molar-refractivity contribution in [3.05, 3.63) is 23.8 Å². The van der Waals surface area contributed by atoms with Gasteiger partial charge >= 0.3 is 0 Å². The van der Waals surface area contributed by atoms with Crippen molar-refractivity contribution in [1.82, 2.24) is 10.6 Å². The van der Waals surface area contributed by atoms with Gasteiger partial charge in [-0.15, -0.1) is 0 Å². The van der Waals surface area contributed by atoms with Gasteiger partial charge in [0.2, 0.25) is 0 Å². The number of nitrogens with one attached hydrogen (secondary N) is 3. The number of likely N-dealkylation sites (N-methyl/N-ethyl adjacent to an activating group) is 1. The standard InChI is InChI=1S/C15H25N3O/c1-3-13-11-19-15-12(5-4-6-14(15)18-13)7-8-17-10-9-16-2/h4-6,13,16-18H,3,7-11H2,1-2H3. The molecule has 1 heterocycles. The van der Waals surface area contributed by atoms with Crippen LogP contribution in [0.3, 0.4) is 0 Å². The molecule has 0 bridgehead atoms. The highest BCUT2D eigenvalue weighted by molar-refractivity contribution is 5.62. The third kappa shape index (κ3) is 3.85. The average Bonchev–Trinajstić information content (AvgIpc) is 2.46. The first-order chi connectivity index (χ1) is 9.35. The Morgan fingerprint density at radius 3 is 3.00 bits per heavy atom. The van der Waals surface area contributed by atoms with Crippen LogP contribution in [0.2, 0.25) is 0 Å². The van der Waals surface area contributed by atoms with Crippen LogP contribution in [0.1, 0.15) is 18.9 Å². The summed E-state index contributed by atoms with van der Waals surface area (Å²) in [6, 6.07) is 6.81. The number of hydrogen-bond acceptors (Lipinski definition) is 4. The fourth-order valence-electron chi connectivity index (χ4n) is 2.29. The molecule has 3 N–H and O–H groups in total. The number of rotatable bonds is 7. The first kappa shape index (κ1) is 14.2. The summed E-state index contributed by atoms with van der Waals surface area (Å²) in [6.45, 7) is 5.94. The molecule has 4 nitrogen and oxygen atoms in total. The van der Waals surface area contributed by atoms with Gasteiger partial charge in [0.05, 0.1) is 11.7 Å². The monoisotopic (exact) mass is 263 g/mol. The predicted molar refractivity (Wildman–Crippen MR) is 80.1 cm³/mol. The zero-order valence-corrected chi connectivity index (χ0v) is 12.0. The van der Waals surface area contributed by atoms with Crippen LogP contribution in [0, 0.1) is 0 Å². The summed E-state index contributed by atoms with van der Waals surface area (Å²) in [4.78, 5) is 0. The van der Waals surface area contributed by atoms with E-state index < -0.39 is 0 Å². The van der Waals surface area contributed by atoms with E-state index in [0.717, 1.165) is 50.5 Å². The van der Waals surface area contributed by atoms with E-state index in [1.54, 1.807) is 0 Å². The second-order valence-corrected chi connectivity index (χ2v) is 4.96. The number of benzene rings is 1. The van der Waals surface area contributed by atoms with Crippen LogP contribution in [-0.4, -0.2) is 39.3 Å². The van der Waals surface area contributed by atoms with Crippen LogP contribution in [0.5, 0.6) is 5.75 Å². The maximum Gasteiger partial charge on any atom is 0.145 e. The summed E-state index contributed by atoms with van der Waals surface area (Å²) in [7, 11) is 1.97. The van der Waals surface area contributed by atoms with E-state index in [-0.39, 0.29) is 0 Å². The lowest BCUT2D eigenvalue weighted by atomic mass is 10.1. The molecule has 0 saturated heterocycles. The Hall–Kier alpha value is -1.26. The molecule has 0 saturated carbocycles. The summed E-state index contributed by atoms with van der Waals surface area (Å²) in [5.41, 5.74) is 2.43. The van der Waals surface area contributed by atoms with Gasteiger partial charge < -0.3 is 20.7 Å². The van der Waals surface area contributed by atoms with Crippen LogP contribution < -0.4 is 20.7 Å². The van der Waals surface area contributed by atoms with Crippen LogP contribution >= 0.6 is 0 Å². The normalized spacial score (nSPS) is 17.5. The third-order valence-corrected chi connectivity index (χ3v) is 3.50. The molecule has 2 rings (SSSR count). The molecule has 1 aromatic carbocycles. The fourth-order valence-corrected chi connectivity index (χ4v) is 2.29. The molecule has 1 aliphatic heterocycles. The summed E-state index contributed by atoms with van der Waals surface area (Å²) < 4.78 is 5.93. The molecule has 0 aliphatic carbocycles. The van der Waals surface area contributed by atoms with Gasteiger partial charge in [0.15, 0.2) is 0 Å². The SMILES string of the molecule is CCC1COc2c(CCNCCNC)cccc2N1. The second-order valence-electron chi connectivity index (χ2n) is 4.96. The van der Waals surface area contributed by atoms with Crippen LogP contribution in [0.15, 0.2) is 18.2 Å². The van der Waals surface area contributed by atoms with Gasteiger partial charge in [0.1, 0.15) is 12.4 Å². The topological polar surface area (TPSA) is 45.3 Å². The Kier molecular flexibility index (Phi) is 5.48. The number of hydrogen-bond donors (Lipinski definition) is 3. The Labute approximate surface area is 115 Å². The average molecular weight is 263 g/mol. The minimum atomic E-state index is 0.441. The zero-order chi connectivity index (χ0) is 13.5. The number of ether oxygens (including phenoxy) is 1. The van der Waals surface area contributed by atoms with Gasteiger partial charge in [-0.1, -0.05) is 19.1 Å². The lowest BCUT2D eigenvalue weighted by Gasteiger charge is -2.28. The number of fused-ring (bicyclic) bond motifs is 1. The highest BCUT2D eigenvalue weighted by Crippen LogP contribution is 2.33. The molecule has 0 radical (unpaired) electrons. The summed E-state index contributed by atoms with van der Waals surface area (Å²) in [5.74, 6) is 1.04. The van der Waals surface area contributed by atoms with Gasteiger partial charge in [-0.3, -0.25) is 0 Å². The summed E-state index contributed by atoms with van der Waals surface area (Å²) >= 11 is 0. The van der Waals surface area contributed by atoms with Crippen molar-refractivity contribution < 1.29 is 4.74 Å². The van der Waals surface area contributed by atoms with Gasteiger partial charge in [-0.25, -0.2) is 0 Å². The number of para-hydroxylation sites is 1. The quantitative estimate of drug-likeness (QED) is 0.654. The highest BCUT2D eigenvalue weighted by Gasteiger charge is 2.19. The van der Waals surface area contributed by atoms with Crippen molar-refractivity contribution in [1.29, 1.82) is 0 Å². The molecule has 19 heavy (non-hydrogen) atoms. The van der Waals surface area contributed by atoms with E-state index in [4.69, 9.17) is 4.74 Å². The van der Waals surface area contributed by atoms with Crippen LogP contribution in [0.25, 0.3) is 0 Å². The Morgan fingerprint density at radius 1 is 1.32 bits per heavy atom. The predicted octanol–water partition coefficient (Wildman–Crippen LogP) is 1.62. The fraction of sp³-hybridized carbons (Fsp3) is 0.600. The van der Waals surface area contributed by atoms with E-state index >= 15 is 0 Å². The first-order valence-corrected chi connectivity index (χ1v) is 7.21. The van der Waals surface area contributed by atoms with Crippen molar-refractivity contribution >= 4 is 5.69 Å². The molecule has 106 valence electrons. The Balaban J connectivity index is 1.91. The minimum Gasteiger partial charge on any atom is -0.489 e. The summed E-state index contributed by atoms with van der Waals surface area (Å²) in [6.07, 6.45) is 2.10. The number of anilines is 1. The molecule has 0 aromatic heterocycles. The Bertz CT molecular complexity index is 395. The van der Waals surface area contributed by atoms with Gasteiger partial charge in [0.25, 0.3) is 0 Å². The minimum absolute atomic E-state index is 0.441. The van der Waals surface area contributed by atoms with E-state index in [1.807, 2.05) is 7.05 Å². The molecular formula is C15H25N3O. The van der Waals surface area contributed by atoms with Crippen LogP contribution in [0.4, 0.5) is 5.69 Å². The third-order valence-electron chi connectivity index (χ3n) is 3.50. The molecule has 0 amide bonds. The Morgan fingerprint density at radius 2 is 2.21 bits per heavy atom. The van der Waals surface area contributed by atoms with Crippen molar-refractivity contribution in [3.63, 3.8) is 0 Å². The lowest BCUT2D eigenvalue weighted by molar-refractivity contribution is 0.278. The molecular weight excluding hydrogens is 238 g/mol. The van der Waals surface area contributed by atoms with Gasteiger partial charge in [-0.2, -0.15) is 0 Å². The highest BCUT2D eigenvalue weighted by atomic mass is 16.5. The van der Waals surface area contributed by atoms with Crippen molar-refractivity contribution in [2.75, 3.05) is 38.6 Å². The van der Waals surface area contributed by atoms with Gasteiger partial charge in [0, 0.05) is 13.1 Å². The van der Waals surface area contributed by atoms with Gasteiger partial charge in [-0.05, 0) is 38.1 Å². The summed E-state index contributed by atoms with van der Waals surface area (Å²) in [5, 5.41) is 10.1. The molecule has 1 atom stereocenters. The second kappa shape index (κ2) is 7.36. The lowest BCUT2D eigenvalue weighted by Crippen LogP contribution is -2.31.